The van der Waals surface area contributed by atoms with Crippen LogP contribution in [-0.4, -0.2) is 16.5 Å². The topological polar surface area (TPSA) is 26.5 Å². The first-order chi connectivity index (χ1) is 10.2. The van der Waals surface area contributed by atoms with Crippen molar-refractivity contribution in [3.63, 3.8) is 0 Å². The number of imidazole rings is 1. The van der Waals surface area contributed by atoms with Gasteiger partial charge < -0.3 is 9.14 Å². The molecule has 0 amide bonds. The molecular formula is C16H14Cl2N2O. The van der Waals surface area contributed by atoms with Crippen LogP contribution in [0.1, 0.15) is 17.0 Å². The van der Waals surface area contributed by atoms with Gasteiger partial charge in [0.25, 0.3) is 0 Å². The third-order valence-electron chi connectivity index (χ3n) is 3.40. The van der Waals surface area contributed by atoms with Crippen LogP contribution < -0.4 is 4.74 Å². The van der Waals surface area contributed by atoms with Crippen molar-refractivity contribution in [2.24, 2.45) is 0 Å². The number of hydrogen-bond acceptors (Lipinski definition) is 2. The molecule has 0 aliphatic rings. The third kappa shape index (κ3) is 2.85. The van der Waals surface area contributed by atoms with Gasteiger partial charge in [0.2, 0.25) is 0 Å². The van der Waals surface area contributed by atoms with E-state index >= 15 is 0 Å². The predicted octanol–water partition coefficient (Wildman–Crippen LogP) is 4.33. The highest BCUT2D eigenvalue weighted by molar-refractivity contribution is 6.30. The van der Waals surface area contributed by atoms with E-state index < -0.39 is 0 Å². The summed E-state index contributed by atoms with van der Waals surface area (Å²) in [6.45, 7) is 0. The Morgan fingerprint density at radius 3 is 2.86 bits per heavy atom. The molecule has 3 aromatic rings. The average molecular weight is 321 g/mol. The zero-order valence-corrected chi connectivity index (χ0v) is 13.0. The van der Waals surface area contributed by atoms with Crippen molar-refractivity contribution in [1.29, 1.82) is 0 Å². The maximum absolute atomic E-state index is 6.10. The number of benzene rings is 1. The Morgan fingerprint density at radius 2 is 2.10 bits per heavy atom. The molecule has 0 aliphatic heterocycles. The molecule has 3 rings (SSSR count). The quantitative estimate of drug-likeness (QED) is 0.669. The number of fused-ring (bicyclic) bond motifs is 1. The van der Waals surface area contributed by atoms with Crippen LogP contribution in [0.3, 0.4) is 0 Å². The first-order valence-corrected chi connectivity index (χ1v) is 7.47. The minimum atomic E-state index is 0.390. The second-order valence-corrected chi connectivity index (χ2v) is 5.45. The molecule has 5 heteroatoms. The Bertz CT molecular complexity index is 783. The molecule has 0 radical (unpaired) electrons. The van der Waals surface area contributed by atoms with Gasteiger partial charge in [0, 0.05) is 12.6 Å². The number of hydrogen-bond donors (Lipinski definition) is 0. The zero-order valence-electron chi connectivity index (χ0n) is 11.5. The van der Waals surface area contributed by atoms with Crippen LogP contribution in [0.5, 0.6) is 5.75 Å². The summed E-state index contributed by atoms with van der Waals surface area (Å²) in [5, 5.41) is 0.666. The molecule has 0 atom stereocenters. The number of nitrogens with zero attached hydrogens (tertiary/aromatic N) is 2. The van der Waals surface area contributed by atoms with E-state index in [4.69, 9.17) is 27.9 Å². The fraction of sp³-hybridized carbons (Fsp3) is 0.188. The number of rotatable bonds is 4. The lowest BCUT2D eigenvalue weighted by Crippen LogP contribution is -1.96. The lowest BCUT2D eigenvalue weighted by molar-refractivity contribution is 0.414. The maximum Gasteiger partial charge on any atom is 0.137 e. The van der Waals surface area contributed by atoms with Crippen LogP contribution >= 0.6 is 23.2 Å². The number of ether oxygens (including phenoxy) is 1. The van der Waals surface area contributed by atoms with Crippen molar-refractivity contribution in [1.82, 2.24) is 9.38 Å². The van der Waals surface area contributed by atoms with Crippen LogP contribution in [0.15, 0.2) is 42.6 Å². The molecule has 2 aromatic heterocycles. The van der Waals surface area contributed by atoms with Crippen molar-refractivity contribution in [2.75, 3.05) is 7.11 Å². The van der Waals surface area contributed by atoms with E-state index in [0.29, 0.717) is 17.3 Å². The smallest absolute Gasteiger partial charge is 0.137 e. The Balaban J connectivity index is 2.03. The fourth-order valence-corrected chi connectivity index (χ4v) is 2.82. The number of aromatic nitrogens is 2. The molecule has 108 valence electrons. The summed E-state index contributed by atoms with van der Waals surface area (Å²) in [5.74, 6) is 1.23. The molecule has 3 nitrogen and oxygen atoms in total. The minimum Gasteiger partial charge on any atom is -0.497 e. The van der Waals surface area contributed by atoms with Crippen molar-refractivity contribution in [2.45, 2.75) is 12.3 Å². The SMILES string of the molecule is COc1cccc(Cc2nc3ccc(Cl)cn3c2CCl)c1. The van der Waals surface area contributed by atoms with Gasteiger partial charge in [-0.3, -0.25) is 0 Å². The summed E-state index contributed by atoms with van der Waals surface area (Å²) in [6, 6.07) is 11.7. The normalized spacial score (nSPS) is 11.0. The van der Waals surface area contributed by atoms with Gasteiger partial charge in [0.15, 0.2) is 0 Å². The first-order valence-electron chi connectivity index (χ1n) is 6.55. The number of alkyl halides is 1. The monoisotopic (exact) mass is 320 g/mol. The molecule has 0 saturated heterocycles. The second-order valence-electron chi connectivity index (χ2n) is 4.74. The van der Waals surface area contributed by atoms with Crippen LogP contribution in [-0.2, 0) is 12.3 Å². The lowest BCUT2D eigenvalue weighted by Gasteiger charge is -2.04. The maximum atomic E-state index is 6.10. The Labute approximate surface area is 133 Å². The van der Waals surface area contributed by atoms with E-state index in [-0.39, 0.29) is 0 Å². The van der Waals surface area contributed by atoms with Crippen molar-refractivity contribution in [3.8, 4) is 5.75 Å². The van der Waals surface area contributed by atoms with Gasteiger partial charge in [0.05, 0.1) is 29.4 Å². The lowest BCUT2D eigenvalue weighted by atomic mass is 10.1. The Kier molecular flexibility index (Phi) is 4.04. The van der Waals surface area contributed by atoms with E-state index in [9.17, 15) is 0 Å². The van der Waals surface area contributed by atoms with Crippen molar-refractivity contribution < 1.29 is 4.74 Å². The summed E-state index contributed by atoms with van der Waals surface area (Å²) in [6.07, 6.45) is 2.55. The van der Waals surface area contributed by atoms with E-state index in [1.165, 1.54) is 0 Å². The molecule has 2 heterocycles. The van der Waals surface area contributed by atoms with Gasteiger partial charge in [-0.2, -0.15) is 0 Å². The van der Waals surface area contributed by atoms with Gasteiger partial charge in [-0.15, -0.1) is 11.6 Å². The van der Waals surface area contributed by atoms with Gasteiger partial charge in [-0.1, -0.05) is 23.7 Å². The molecule has 1 aromatic carbocycles. The number of pyridine rings is 1. The van der Waals surface area contributed by atoms with Crippen LogP contribution in [0.4, 0.5) is 0 Å². The van der Waals surface area contributed by atoms with E-state index in [1.807, 2.05) is 40.9 Å². The van der Waals surface area contributed by atoms with E-state index in [1.54, 1.807) is 7.11 Å². The van der Waals surface area contributed by atoms with Gasteiger partial charge in [-0.25, -0.2) is 4.98 Å². The van der Waals surface area contributed by atoms with Crippen LogP contribution in [0.2, 0.25) is 5.02 Å². The molecule has 0 N–H and O–H groups in total. The van der Waals surface area contributed by atoms with Gasteiger partial charge in [-0.05, 0) is 29.8 Å². The molecule has 0 unspecified atom stereocenters. The number of methoxy groups -OCH3 is 1. The summed E-state index contributed by atoms with van der Waals surface area (Å²) >= 11 is 12.1. The van der Waals surface area contributed by atoms with Crippen LogP contribution in [0, 0.1) is 0 Å². The first kappa shape index (κ1) is 14.2. The van der Waals surface area contributed by atoms with E-state index in [2.05, 4.69) is 11.1 Å². The zero-order chi connectivity index (χ0) is 14.8. The van der Waals surface area contributed by atoms with Gasteiger partial charge >= 0.3 is 0 Å². The highest BCUT2D eigenvalue weighted by Gasteiger charge is 2.12. The molecule has 0 spiro atoms. The summed E-state index contributed by atoms with van der Waals surface area (Å²) in [4.78, 5) is 4.65. The van der Waals surface area contributed by atoms with Crippen LogP contribution in [0.25, 0.3) is 5.65 Å². The highest BCUT2D eigenvalue weighted by Crippen LogP contribution is 2.22. The third-order valence-corrected chi connectivity index (χ3v) is 3.87. The largest absolute Gasteiger partial charge is 0.497 e. The summed E-state index contributed by atoms with van der Waals surface area (Å²) in [5.41, 5.74) is 3.92. The second kappa shape index (κ2) is 5.96. The molecular weight excluding hydrogens is 307 g/mol. The Hall–Kier alpha value is -1.71. The number of halogens is 2. The molecule has 21 heavy (non-hydrogen) atoms. The molecule has 0 fully saturated rings. The summed E-state index contributed by atoms with van der Waals surface area (Å²) < 4.78 is 7.20. The van der Waals surface area contributed by atoms with Crippen molar-refractivity contribution in [3.05, 3.63) is 64.6 Å². The average Bonchev–Trinajstić information content (AvgIpc) is 2.83. The highest BCUT2D eigenvalue weighted by atomic mass is 35.5. The standard InChI is InChI=1S/C16H14Cl2N2O/c1-21-13-4-2-3-11(7-13)8-14-15(9-17)20-10-12(18)5-6-16(20)19-14/h2-7,10H,8-9H2,1H3. The molecule has 0 saturated carbocycles. The summed E-state index contributed by atoms with van der Waals surface area (Å²) in [7, 11) is 1.66. The molecule has 0 aliphatic carbocycles. The predicted molar refractivity (Wildman–Crippen MR) is 85.6 cm³/mol. The van der Waals surface area contributed by atoms with Crippen molar-refractivity contribution >= 4 is 28.8 Å². The fourth-order valence-electron chi connectivity index (χ4n) is 2.37. The van der Waals surface area contributed by atoms with Gasteiger partial charge in [0.1, 0.15) is 11.4 Å². The minimum absolute atomic E-state index is 0.390. The molecule has 0 bridgehead atoms. The Morgan fingerprint density at radius 1 is 1.24 bits per heavy atom. The van der Waals surface area contributed by atoms with E-state index in [0.717, 1.165) is 28.3 Å².